The van der Waals surface area contributed by atoms with Crippen molar-refractivity contribution in [2.75, 3.05) is 6.54 Å². The Bertz CT molecular complexity index is 341. The van der Waals surface area contributed by atoms with Crippen LogP contribution in [0.2, 0.25) is 0 Å². The quantitative estimate of drug-likeness (QED) is 0.725. The maximum atomic E-state index is 9.85. The highest BCUT2D eigenvalue weighted by molar-refractivity contribution is 5.21. The summed E-state index contributed by atoms with van der Waals surface area (Å²) in [5.74, 6) is 0. The van der Waals surface area contributed by atoms with Crippen LogP contribution in [-0.2, 0) is 13.2 Å². The van der Waals surface area contributed by atoms with Crippen LogP contribution < -0.4 is 5.32 Å². The number of aliphatic hydroxyl groups excluding tert-OH is 2. The SMILES string of the molecule is CC(C)(C)CC(O)CNCc1ccc(CO)cc1. The maximum absolute atomic E-state index is 9.85. The third-order valence-corrected chi connectivity index (χ3v) is 2.76. The summed E-state index contributed by atoms with van der Waals surface area (Å²) < 4.78 is 0. The van der Waals surface area contributed by atoms with Crippen molar-refractivity contribution in [3.63, 3.8) is 0 Å². The predicted molar refractivity (Wildman–Crippen MR) is 74.2 cm³/mol. The van der Waals surface area contributed by atoms with Crippen LogP contribution in [0.1, 0.15) is 38.3 Å². The molecular formula is C15H25NO2. The third kappa shape index (κ3) is 6.15. The van der Waals surface area contributed by atoms with Crippen LogP contribution in [0.4, 0.5) is 0 Å². The Morgan fingerprint density at radius 3 is 2.17 bits per heavy atom. The van der Waals surface area contributed by atoms with E-state index in [0.29, 0.717) is 6.54 Å². The predicted octanol–water partition coefficient (Wildman–Crippen LogP) is 2.07. The first kappa shape index (κ1) is 15.2. The molecule has 1 aromatic rings. The fourth-order valence-corrected chi connectivity index (χ4v) is 1.92. The van der Waals surface area contributed by atoms with Gasteiger partial charge in [0.05, 0.1) is 12.7 Å². The van der Waals surface area contributed by atoms with Gasteiger partial charge < -0.3 is 15.5 Å². The van der Waals surface area contributed by atoms with Crippen LogP contribution in [0.25, 0.3) is 0 Å². The molecule has 3 heteroatoms. The molecule has 1 unspecified atom stereocenters. The first-order valence-electron chi connectivity index (χ1n) is 6.48. The number of rotatable bonds is 6. The van der Waals surface area contributed by atoms with Gasteiger partial charge in [-0.1, -0.05) is 45.0 Å². The standard InChI is InChI=1S/C15H25NO2/c1-15(2,3)8-14(18)10-16-9-12-4-6-13(11-17)7-5-12/h4-7,14,16-18H,8-11H2,1-3H3. The van der Waals surface area contributed by atoms with Crippen molar-refractivity contribution in [1.82, 2.24) is 5.32 Å². The molecule has 0 radical (unpaired) electrons. The first-order chi connectivity index (χ1) is 8.40. The van der Waals surface area contributed by atoms with Crippen LogP contribution in [0.3, 0.4) is 0 Å². The van der Waals surface area contributed by atoms with Gasteiger partial charge in [-0.05, 0) is 23.0 Å². The molecule has 0 aliphatic rings. The van der Waals surface area contributed by atoms with Crippen molar-refractivity contribution in [3.05, 3.63) is 35.4 Å². The van der Waals surface area contributed by atoms with E-state index < -0.39 is 0 Å². The molecule has 0 aliphatic heterocycles. The second-order valence-corrected chi connectivity index (χ2v) is 6.02. The minimum absolute atomic E-state index is 0.0814. The van der Waals surface area contributed by atoms with E-state index in [1.54, 1.807) is 0 Å². The molecule has 3 N–H and O–H groups in total. The Morgan fingerprint density at radius 1 is 1.11 bits per heavy atom. The van der Waals surface area contributed by atoms with Gasteiger partial charge in [-0.25, -0.2) is 0 Å². The molecule has 102 valence electrons. The van der Waals surface area contributed by atoms with Crippen molar-refractivity contribution in [3.8, 4) is 0 Å². The summed E-state index contributed by atoms with van der Waals surface area (Å²) in [4.78, 5) is 0. The second-order valence-electron chi connectivity index (χ2n) is 6.02. The lowest BCUT2D eigenvalue weighted by Crippen LogP contribution is -2.29. The van der Waals surface area contributed by atoms with E-state index in [9.17, 15) is 5.11 Å². The van der Waals surface area contributed by atoms with Gasteiger partial charge in [0.1, 0.15) is 0 Å². The van der Waals surface area contributed by atoms with Crippen molar-refractivity contribution < 1.29 is 10.2 Å². The lowest BCUT2D eigenvalue weighted by atomic mass is 9.89. The van der Waals surface area contributed by atoms with Crippen LogP contribution in [0, 0.1) is 5.41 Å². The summed E-state index contributed by atoms with van der Waals surface area (Å²) in [5, 5.41) is 22.0. The van der Waals surface area contributed by atoms with Gasteiger partial charge >= 0.3 is 0 Å². The maximum Gasteiger partial charge on any atom is 0.0681 e. The molecule has 0 aliphatic carbocycles. The van der Waals surface area contributed by atoms with Crippen molar-refractivity contribution >= 4 is 0 Å². The zero-order valence-corrected chi connectivity index (χ0v) is 11.6. The Kier molecular flexibility index (Phi) is 5.79. The minimum Gasteiger partial charge on any atom is -0.392 e. The van der Waals surface area contributed by atoms with Crippen molar-refractivity contribution in [1.29, 1.82) is 0 Å². The summed E-state index contributed by atoms with van der Waals surface area (Å²) in [5.41, 5.74) is 2.24. The molecular weight excluding hydrogens is 226 g/mol. The van der Waals surface area contributed by atoms with E-state index in [-0.39, 0.29) is 18.1 Å². The van der Waals surface area contributed by atoms with Crippen LogP contribution in [0.15, 0.2) is 24.3 Å². The molecule has 0 amide bonds. The zero-order valence-electron chi connectivity index (χ0n) is 11.6. The van der Waals surface area contributed by atoms with E-state index >= 15 is 0 Å². The zero-order chi connectivity index (χ0) is 13.6. The minimum atomic E-state index is -0.304. The van der Waals surface area contributed by atoms with Gasteiger partial charge in [0.25, 0.3) is 0 Å². The third-order valence-electron chi connectivity index (χ3n) is 2.76. The fourth-order valence-electron chi connectivity index (χ4n) is 1.92. The van der Waals surface area contributed by atoms with Crippen LogP contribution >= 0.6 is 0 Å². The van der Waals surface area contributed by atoms with E-state index in [1.807, 2.05) is 24.3 Å². The highest BCUT2D eigenvalue weighted by Crippen LogP contribution is 2.20. The highest BCUT2D eigenvalue weighted by Gasteiger charge is 2.15. The lowest BCUT2D eigenvalue weighted by Gasteiger charge is -2.22. The number of benzene rings is 1. The molecule has 1 rings (SSSR count). The molecule has 0 aromatic heterocycles. The molecule has 0 spiro atoms. The lowest BCUT2D eigenvalue weighted by molar-refractivity contribution is 0.119. The smallest absolute Gasteiger partial charge is 0.0681 e. The fraction of sp³-hybridized carbons (Fsp3) is 0.600. The number of hydrogen-bond acceptors (Lipinski definition) is 3. The van der Waals surface area contributed by atoms with Crippen LogP contribution in [-0.4, -0.2) is 22.9 Å². The van der Waals surface area contributed by atoms with Gasteiger partial charge in [0.2, 0.25) is 0 Å². The summed E-state index contributed by atoms with van der Waals surface area (Å²) in [7, 11) is 0. The van der Waals surface area contributed by atoms with E-state index in [0.717, 1.165) is 24.1 Å². The van der Waals surface area contributed by atoms with Crippen LogP contribution in [0.5, 0.6) is 0 Å². The molecule has 1 atom stereocenters. The molecule has 0 fully saturated rings. The number of aliphatic hydroxyl groups is 2. The summed E-state index contributed by atoms with van der Waals surface area (Å²) >= 11 is 0. The van der Waals surface area contributed by atoms with Gasteiger partial charge in [0, 0.05) is 13.1 Å². The molecule has 0 saturated carbocycles. The average molecular weight is 251 g/mol. The summed E-state index contributed by atoms with van der Waals surface area (Å²) in [6, 6.07) is 7.83. The molecule has 0 saturated heterocycles. The largest absolute Gasteiger partial charge is 0.392 e. The molecule has 18 heavy (non-hydrogen) atoms. The van der Waals surface area contributed by atoms with Gasteiger partial charge in [-0.3, -0.25) is 0 Å². The molecule has 0 heterocycles. The van der Waals surface area contributed by atoms with Crippen molar-refractivity contribution in [2.24, 2.45) is 5.41 Å². The summed E-state index contributed by atoms with van der Waals surface area (Å²) in [6.45, 7) is 7.82. The Morgan fingerprint density at radius 2 is 1.67 bits per heavy atom. The Labute approximate surface area is 110 Å². The normalized spacial score (nSPS) is 13.6. The monoisotopic (exact) mass is 251 g/mol. The van der Waals surface area contributed by atoms with Gasteiger partial charge in [0.15, 0.2) is 0 Å². The molecule has 3 nitrogen and oxygen atoms in total. The van der Waals surface area contributed by atoms with E-state index in [4.69, 9.17) is 5.11 Å². The molecule has 1 aromatic carbocycles. The topological polar surface area (TPSA) is 52.5 Å². The average Bonchev–Trinajstić information content (AvgIpc) is 2.27. The van der Waals surface area contributed by atoms with E-state index in [2.05, 4.69) is 26.1 Å². The first-order valence-corrected chi connectivity index (χ1v) is 6.48. The van der Waals surface area contributed by atoms with Gasteiger partial charge in [-0.15, -0.1) is 0 Å². The molecule has 0 bridgehead atoms. The van der Waals surface area contributed by atoms with Gasteiger partial charge in [-0.2, -0.15) is 0 Å². The highest BCUT2D eigenvalue weighted by atomic mass is 16.3. The number of nitrogens with one attached hydrogen (secondary N) is 1. The summed E-state index contributed by atoms with van der Waals surface area (Å²) in [6.07, 6.45) is 0.491. The second kappa shape index (κ2) is 6.88. The number of hydrogen-bond donors (Lipinski definition) is 3. The Hall–Kier alpha value is -0.900. The van der Waals surface area contributed by atoms with Crippen molar-refractivity contribution in [2.45, 2.75) is 46.4 Å². The Balaban J connectivity index is 2.28. The van der Waals surface area contributed by atoms with E-state index in [1.165, 1.54) is 0 Å².